The topological polar surface area (TPSA) is 149 Å². The minimum absolute atomic E-state index is 0.0149. The molecule has 1 unspecified atom stereocenters. The van der Waals surface area contributed by atoms with Crippen LogP contribution in [0.5, 0.6) is 0 Å². The van der Waals surface area contributed by atoms with E-state index in [0.717, 1.165) is 18.4 Å². The first-order valence-corrected chi connectivity index (χ1v) is 11.8. The summed E-state index contributed by atoms with van der Waals surface area (Å²) in [5.74, 6) is -0.884. The van der Waals surface area contributed by atoms with Crippen LogP contribution in [0.1, 0.15) is 38.2 Å². The van der Waals surface area contributed by atoms with Crippen LogP contribution in [0.15, 0.2) is 34.1 Å². The molecule has 1 aliphatic carbocycles. The van der Waals surface area contributed by atoms with Crippen molar-refractivity contribution in [3.05, 3.63) is 40.3 Å². The molecule has 0 aliphatic heterocycles. The van der Waals surface area contributed by atoms with Crippen LogP contribution in [0, 0.1) is 0 Å². The Balaban J connectivity index is 1.83. The number of fused-ring (bicyclic) bond motifs is 3. The second kappa shape index (κ2) is 8.10. The molecule has 3 aromatic rings. The van der Waals surface area contributed by atoms with Gasteiger partial charge in [-0.15, -0.1) is 0 Å². The number of hydrogen-bond donors (Lipinski definition) is 4. The van der Waals surface area contributed by atoms with Gasteiger partial charge in [-0.25, -0.2) is 8.42 Å². The number of nitrogens with zero attached hydrogens (tertiary/aromatic N) is 1. The lowest BCUT2D eigenvalue weighted by Gasteiger charge is -2.24. The maximum absolute atomic E-state index is 13.4. The van der Waals surface area contributed by atoms with Crippen LogP contribution in [0.4, 0.5) is 0 Å². The third-order valence-electron chi connectivity index (χ3n) is 5.56. The molecule has 31 heavy (non-hydrogen) atoms. The summed E-state index contributed by atoms with van der Waals surface area (Å²) in [6.07, 6.45) is 4.22. The van der Waals surface area contributed by atoms with Crippen molar-refractivity contribution < 1.29 is 18.3 Å². The van der Waals surface area contributed by atoms with Crippen molar-refractivity contribution in [1.29, 1.82) is 0 Å². The van der Waals surface area contributed by atoms with E-state index in [1.54, 1.807) is 25.3 Å². The molecule has 10 heteroatoms. The van der Waals surface area contributed by atoms with Gasteiger partial charge in [-0.3, -0.25) is 9.59 Å². The Bertz CT molecular complexity index is 1300. The lowest BCUT2D eigenvalue weighted by atomic mass is 10.0. The maximum Gasteiger partial charge on any atom is 0.303 e. The van der Waals surface area contributed by atoms with Crippen LogP contribution >= 0.6 is 0 Å². The quantitative estimate of drug-likeness (QED) is 0.394. The molecule has 2 aromatic heterocycles. The molecule has 1 aliphatic rings. The Labute approximate surface area is 179 Å². The SMILES string of the molecule is CC(N)CN(C1CC1)S(=O)(=O)c1ccc2[nH]c(=O)c3[nH]cc(CCCC(=O)O)c3c2c1. The summed E-state index contributed by atoms with van der Waals surface area (Å²) >= 11 is 0. The molecule has 166 valence electrons. The minimum Gasteiger partial charge on any atom is -0.481 e. The Morgan fingerprint density at radius 1 is 1.35 bits per heavy atom. The summed E-state index contributed by atoms with van der Waals surface area (Å²) in [5.41, 5.74) is 7.26. The van der Waals surface area contributed by atoms with E-state index in [4.69, 9.17) is 10.8 Å². The van der Waals surface area contributed by atoms with Gasteiger partial charge >= 0.3 is 5.97 Å². The number of pyridine rings is 1. The molecule has 1 aromatic carbocycles. The highest BCUT2D eigenvalue weighted by Crippen LogP contribution is 2.34. The van der Waals surface area contributed by atoms with Crippen LogP contribution in [0.25, 0.3) is 21.8 Å². The number of nitrogens with one attached hydrogen (secondary N) is 2. The number of nitrogens with two attached hydrogens (primary N) is 1. The number of rotatable bonds is 9. The first-order valence-electron chi connectivity index (χ1n) is 10.3. The van der Waals surface area contributed by atoms with Gasteiger partial charge in [-0.2, -0.15) is 4.31 Å². The number of carbonyl (C=O) groups is 1. The molecule has 0 saturated heterocycles. The van der Waals surface area contributed by atoms with Gasteiger partial charge in [0.15, 0.2) is 0 Å². The number of carboxylic acid groups (broad SMARTS) is 1. The predicted molar refractivity (Wildman–Crippen MR) is 118 cm³/mol. The molecule has 0 radical (unpaired) electrons. The number of sulfonamides is 1. The zero-order valence-electron chi connectivity index (χ0n) is 17.2. The monoisotopic (exact) mass is 446 g/mol. The lowest BCUT2D eigenvalue weighted by Crippen LogP contribution is -2.41. The van der Waals surface area contributed by atoms with E-state index in [0.29, 0.717) is 34.6 Å². The van der Waals surface area contributed by atoms with E-state index >= 15 is 0 Å². The maximum atomic E-state index is 13.4. The van der Waals surface area contributed by atoms with Crippen molar-refractivity contribution in [3.8, 4) is 0 Å². The first kappa shape index (κ1) is 21.5. The zero-order valence-corrected chi connectivity index (χ0v) is 18.0. The number of aliphatic carboxylic acids is 1. The zero-order chi connectivity index (χ0) is 22.3. The summed E-state index contributed by atoms with van der Waals surface area (Å²) in [5, 5.41) is 10.2. The van der Waals surface area contributed by atoms with Crippen LogP contribution < -0.4 is 11.3 Å². The van der Waals surface area contributed by atoms with E-state index in [1.165, 1.54) is 10.4 Å². The molecule has 0 amide bonds. The van der Waals surface area contributed by atoms with E-state index in [-0.39, 0.29) is 35.5 Å². The number of H-pyrrole nitrogens is 2. The van der Waals surface area contributed by atoms with Crippen molar-refractivity contribution in [1.82, 2.24) is 14.3 Å². The Kier molecular flexibility index (Phi) is 5.63. The van der Waals surface area contributed by atoms with Gasteiger partial charge in [-0.1, -0.05) is 0 Å². The highest BCUT2D eigenvalue weighted by Gasteiger charge is 2.38. The smallest absolute Gasteiger partial charge is 0.303 e. The largest absolute Gasteiger partial charge is 0.481 e. The van der Waals surface area contributed by atoms with Gasteiger partial charge < -0.3 is 20.8 Å². The first-order chi connectivity index (χ1) is 14.7. The fraction of sp³-hybridized carbons (Fsp3) is 0.429. The lowest BCUT2D eigenvalue weighted by molar-refractivity contribution is -0.137. The van der Waals surface area contributed by atoms with Gasteiger partial charge in [0.2, 0.25) is 10.0 Å². The number of aromatic amines is 2. The van der Waals surface area contributed by atoms with Crippen molar-refractivity contribution >= 4 is 37.8 Å². The molecular formula is C21H26N4O5S. The van der Waals surface area contributed by atoms with Crippen LogP contribution in [-0.2, 0) is 21.2 Å². The average molecular weight is 447 g/mol. The van der Waals surface area contributed by atoms with E-state index in [9.17, 15) is 18.0 Å². The van der Waals surface area contributed by atoms with E-state index < -0.39 is 16.0 Å². The van der Waals surface area contributed by atoms with Crippen molar-refractivity contribution in [2.24, 2.45) is 5.73 Å². The number of aryl methyl sites for hydroxylation is 1. The molecule has 4 rings (SSSR count). The molecule has 1 fully saturated rings. The molecule has 1 atom stereocenters. The van der Waals surface area contributed by atoms with Gasteiger partial charge in [-0.05, 0) is 56.4 Å². The Hall–Kier alpha value is -2.69. The van der Waals surface area contributed by atoms with Gasteiger partial charge in [0.25, 0.3) is 5.56 Å². The molecule has 0 spiro atoms. The van der Waals surface area contributed by atoms with Gasteiger partial charge in [0.1, 0.15) is 5.52 Å². The second-order valence-electron chi connectivity index (χ2n) is 8.26. The number of aromatic nitrogens is 2. The molecule has 2 heterocycles. The summed E-state index contributed by atoms with van der Waals surface area (Å²) < 4.78 is 28.3. The van der Waals surface area contributed by atoms with E-state index in [2.05, 4.69) is 9.97 Å². The Morgan fingerprint density at radius 3 is 2.74 bits per heavy atom. The molecule has 0 bridgehead atoms. The van der Waals surface area contributed by atoms with Crippen LogP contribution in [-0.4, -0.2) is 52.4 Å². The van der Waals surface area contributed by atoms with Crippen molar-refractivity contribution in [2.75, 3.05) is 6.54 Å². The summed E-state index contributed by atoms with van der Waals surface area (Å²) in [4.78, 5) is 29.2. The highest BCUT2D eigenvalue weighted by molar-refractivity contribution is 7.89. The molecule has 5 N–H and O–H groups in total. The van der Waals surface area contributed by atoms with Crippen LogP contribution in [0.2, 0.25) is 0 Å². The van der Waals surface area contributed by atoms with Crippen LogP contribution in [0.3, 0.4) is 0 Å². The normalized spacial score (nSPS) is 15.7. The highest BCUT2D eigenvalue weighted by atomic mass is 32.2. The third kappa shape index (κ3) is 4.23. The average Bonchev–Trinajstić information content (AvgIpc) is 3.44. The predicted octanol–water partition coefficient (Wildman–Crippen LogP) is 1.92. The summed E-state index contributed by atoms with van der Waals surface area (Å²) in [6, 6.07) is 4.39. The molecular weight excluding hydrogens is 420 g/mol. The Morgan fingerprint density at radius 2 is 2.10 bits per heavy atom. The minimum atomic E-state index is -3.75. The molecule has 1 saturated carbocycles. The second-order valence-corrected chi connectivity index (χ2v) is 10.1. The summed E-state index contributed by atoms with van der Waals surface area (Å²) in [6.45, 7) is 2.03. The molecule has 9 nitrogen and oxygen atoms in total. The third-order valence-corrected chi connectivity index (χ3v) is 7.48. The van der Waals surface area contributed by atoms with E-state index in [1.807, 2.05) is 0 Å². The number of carboxylic acids is 1. The number of hydrogen-bond acceptors (Lipinski definition) is 5. The summed E-state index contributed by atoms with van der Waals surface area (Å²) in [7, 11) is -3.75. The van der Waals surface area contributed by atoms with Gasteiger partial charge in [0.05, 0.1) is 4.90 Å². The number of benzene rings is 1. The van der Waals surface area contributed by atoms with Gasteiger partial charge in [0, 0.05) is 47.5 Å². The standard InChI is InChI=1S/C21H26N4O5S/c1-12(22)11-25(14-5-6-14)31(29,30)15-7-8-17-16(9-15)19-13(3-2-4-18(26)27)10-23-20(19)21(28)24-17/h7-10,12,14,23H,2-6,11,22H2,1H3,(H,24,28)(H,26,27). The van der Waals surface area contributed by atoms with Crippen molar-refractivity contribution in [2.45, 2.75) is 56.0 Å². The fourth-order valence-corrected chi connectivity index (χ4v) is 5.80. The fourth-order valence-electron chi connectivity index (χ4n) is 3.99. The van der Waals surface area contributed by atoms with Crippen molar-refractivity contribution in [3.63, 3.8) is 0 Å².